The van der Waals surface area contributed by atoms with Crippen molar-refractivity contribution in [2.24, 2.45) is 11.8 Å². The standard InChI is InChI=1S/C33H42N2O5/c1-3-5-16-28(21-25-14-8-6-9-15-25)33(39)40-30(26-17-10-7-11-18-26)23-34-32(38)27(13-4-2)22-31(37)35-20-12-19-29(35)24-36/h3-4,6-11,14-15,17-18,27-30,36H,1-2,5,12-13,16,19-24H2,(H,34,38). The molecule has 0 radical (unpaired) electrons. The largest absolute Gasteiger partial charge is 0.455 e. The maximum absolute atomic E-state index is 13.4. The zero-order valence-corrected chi connectivity index (χ0v) is 23.3. The molecule has 40 heavy (non-hydrogen) atoms. The highest BCUT2D eigenvalue weighted by Crippen LogP contribution is 2.24. The summed E-state index contributed by atoms with van der Waals surface area (Å²) in [5.74, 6) is -1.72. The quantitative estimate of drug-likeness (QED) is 0.233. The van der Waals surface area contributed by atoms with Gasteiger partial charge in [-0.3, -0.25) is 14.4 Å². The van der Waals surface area contributed by atoms with Gasteiger partial charge in [0.15, 0.2) is 0 Å². The number of rotatable bonds is 16. The van der Waals surface area contributed by atoms with Crippen molar-refractivity contribution in [1.29, 1.82) is 0 Å². The average molecular weight is 547 g/mol. The lowest BCUT2D eigenvalue weighted by molar-refractivity contribution is -0.155. The Morgan fingerprint density at radius 1 is 1.02 bits per heavy atom. The van der Waals surface area contributed by atoms with Crippen LogP contribution in [0.4, 0.5) is 0 Å². The SMILES string of the molecule is C=CCCC(Cc1ccccc1)C(=O)OC(CNC(=O)C(CC=C)CC(=O)N1CCCC1CO)c1ccccc1. The van der Waals surface area contributed by atoms with Crippen LogP contribution >= 0.6 is 0 Å². The fourth-order valence-electron chi connectivity index (χ4n) is 5.16. The molecule has 1 aliphatic rings. The summed E-state index contributed by atoms with van der Waals surface area (Å²) < 4.78 is 6.04. The Morgan fingerprint density at radius 3 is 2.38 bits per heavy atom. The Morgan fingerprint density at radius 2 is 1.73 bits per heavy atom. The first-order valence-corrected chi connectivity index (χ1v) is 14.2. The molecule has 214 valence electrons. The van der Waals surface area contributed by atoms with Crippen LogP contribution in [0.3, 0.4) is 0 Å². The van der Waals surface area contributed by atoms with Crippen molar-refractivity contribution in [1.82, 2.24) is 10.2 Å². The van der Waals surface area contributed by atoms with Crippen molar-refractivity contribution < 1.29 is 24.2 Å². The number of amides is 2. The first-order chi connectivity index (χ1) is 19.5. The van der Waals surface area contributed by atoms with Gasteiger partial charge < -0.3 is 20.1 Å². The molecule has 0 bridgehead atoms. The highest BCUT2D eigenvalue weighted by molar-refractivity contribution is 5.86. The molecule has 7 heteroatoms. The fraction of sp³-hybridized carbons (Fsp3) is 0.424. The molecular formula is C33H42N2O5. The zero-order chi connectivity index (χ0) is 28.7. The molecule has 4 unspecified atom stereocenters. The van der Waals surface area contributed by atoms with E-state index in [-0.39, 0.29) is 49.3 Å². The second-order valence-electron chi connectivity index (χ2n) is 10.3. The van der Waals surface area contributed by atoms with Crippen LogP contribution in [-0.2, 0) is 25.5 Å². The van der Waals surface area contributed by atoms with Crippen LogP contribution in [0, 0.1) is 11.8 Å². The molecule has 2 aromatic carbocycles. The van der Waals surface area contributed by atoms with Crippen LogP contribution < -0.4 is 5.32 Å². The summed E-state index contributed by atoms with van der Waals surface area (Å²) in [6.45, 7) is 8.15. The molecule has 1 fully saturated rings. The van der Waals surface area contributed by atoms with Gasteiger partial charge in [0.1, 0.15) is 6.10 Å². The van der Waals surface area contributed by atoms with Crippen LogP contribution in [0.5, 0.6) is 0 Å². The molecule has 1 aliphatic heterocycles. The van der Waals surface area contributed by atoms with E-state index in [2.05, 4.69) is 18.5 Å². The lowest BCUT2D eigenvalue weighted by Gasteiger charge is -2.26. The summed E-state index contributed by atoms with van der Waals surface area (Å²) in [6.07, 6.45) is 6.58. The van der Waals surface area contributed by atoms with Crippen molar-refractivity contribution >= 4 is 17.8 Å². The lowest BCUT2D eigenvalue weighted by atomic mass is 9.94. The van der Waals surface area contributed by atoms with Gasteiger partial charge in [0, 0.05) is 13.0 Å². The monoisotopic (exact) mass is 546 g/mol. The minimum absolute atomic E-state index is 0.0326. The molecule has 1 saturated heterocycles. The van der Waals surface area contributed by atoms with Crippen LogP contribution in [0.2, 0.25) is 0 Å². The van der Waals surface area contributed by atoms with Gasteiger partial charge in [-0.05, 0) is 49.7 Å². The van der Waals surface area contributed by atoms with E-state index in [1.165, 1.54) is 0 Å². The van der Waals surface area contributed by atoms with Crippen molar-refractivity contribution in [3.05, 3.63) is 97.1 Å². The van der Waals surface area contributed by atoms with Crippen LogP contribution in [0.15, 0.2) is 86.0 Å². The molecule has 3 rings (SSSR count). The van der Waals surface area contributed by atoms with Gasteiger partial charge in [0.25, 0.3) is 0 Å². The number of nitrogens with zero attached hydrogens (tertiary/aromatic N) is 1. The van der Waals surface area contributed by atoms with E-state index in [1.807, 2.05) is 60.7 Å². The van der Waals surface area contributed by atoms with Crippen molar-refractivity contribution in [2.45, 2.75) is 57.1 Å². The van der Waals surface area contributed by atoms with E-state index in [4.69, 9.17) is 4.74 Å². The van der Waals surface area contributed by atoms with Gasteiger partial charge >= 0.3 is 5.97 Å². The third-order valence-corrected chi connectivity index (χ3v) is 7.42. The van der Waals surface area contributed by atoms with Gasteiger partial charge in [-0.2, -0.15) is 0 Å². The van der Waals surface area contributed by atoms with E-state index in [1.54, 1.807) is 17.1 Å². The first kappa shape index (κ1) is 30.8. The molecule has 1 heterocycles. The number of nitrogens with one attached hydrogen (secondary N) is 1. The minimum atomic E-state index is -0.683. The van der Waals surface area contributed by atoms with Gasteiger partial charge in [-0.15, -0.1) is 13.2 Å². The topological polar surface area (TPSA) is 95.9 Å². The number of ether oxygens (including phenoxy) is 1. The maximum Gasteiger partial charge on any atom is 0.309 e. The lowest BCUT2D eigenvalue weighted by Crippen LogP contribution is -2.41. The normalized spacial score (nSPS) is 16.9. The van der Waals surface area contributed by atoms with Crippen LogP contribution in [0.1, 0.15) is 55.8 Å². The summed E-state index contributed by atoms with van der Waals surface area (Å²) in [5.41, 5.74) is 1.83. The summed E-state index contributed by atoms with van der Waals surface area (Å²) in [5, 5.41) is 12.5. The highest BCUT2D eigenvalue weighted by atomic mass is 16.5. The number of carbonyl (C=O) groups excluding carboxylic acids is 3. The molecule has 2 aromatic rings. The number of aliphatic hydroxyl groups is 1. The molecule has 0 saturated carbocycles. The summed E-state index contributed by atoms with van der Waals surface area (Å²) >= 11 is 0. The zero-order valence-electron chi connectivity index (χ0n) is 23.3. The van der Waals surface area contributed by atoms with Crippen LogP contribution in [0.25, 0.3) is 0 Å². The average Bonchev–Trinajstić information content (AvgIpc) is 3.47. The second kappa shape index (κ2) is 16.4. The second-order valence-corrected chi connectivity index (χ2v) is 10.3. The third kappa shape index (κ3) is 9.19. The predicted octanol–water partition coefficient (Wildman–Crippen LogP) is 4.78. The van der Waals surface area contributed by atoms with E-state index >= 15 is 0 Å². The molecule has 4 atom stereocenters. The Bertz CT molecular complexity index is 1100. The number of hydrogen-bond donors (Lipinski definition) is 2. The number of aliphatic hydroxyl groups excluding tert-OH is 1. The number of benzene rings is 2. The summed E-state index contributed by atoms with van der Waals surface area (Å²) in [4.78, 5) is 41.3. The molecular weight excluding hydrogens is 504 g/mol. The molecule has 2 amide bonds. The smallest absolute Gasteiger partial charge is 0.309 e. The third-order valence-electron chi connectivity index (χ3n) is 7.42. The van der Waals surface area contributed by atoms with E-state index < -0.39 is 12.0 Å². The molecule has 0 spiro atoms. The van der Waals surface area contributed by atoms with E-state index in [9.17, 15) is 19.5 Å². The van der Waals surface area contributed by atoms with Crippen molar-refractivity contribution in [3.63, 3.8) is 0 Å². The van der Waals surface area contributed by atoms with Crippen molar-refractivity contribution in [2.75, 3.05) is 19.7 Å². The highest BCUT2D eigenvalue weighted by Gasteiger charge is 2.32. The number of allylic oxidation sites excluding steroid dienone is 2. The van der Waals surface area contributed by atoms with Crippen LogP contribution in [-0.4, -0.2) is 53.5 Å². The molecule has 2 N–H and O–H groups in total. The Kier molecular flexibility index (Phi) is 12.6. The summed E-state index contributed by atoms with van der Waals surface area (Å²) in [7, 11) is 0. The Balaban J connectivity index is 1.69. The van der Waals surface area contributed by atoms with Gasteiger partial charge in [-0.1, -0.05) is 72.8 Å². The number of esters is 1. The first-order valence-electron chi connectivity index (χ1n) is 14.2. The fourth-order valence-corrected chi connectivity index (χ4v) is 5.16. The minimum Gasteiger partial charge on any atom is -0.455 e. The molecule has 7 nitrogen and oxygen atoms in total. The van der Waals surface area contributed by atoms with E-state index in [0.29, 0.717) is 32.2 Å². The Hall–Kier alpha value is -3.71. The maximum atomic E-state index is 13.4. The van der Waals surface area contributed by atoms with Gasteiger partial charge in [0.05, 0.1) is 31.0 Å². The number of likely N-dealkylation sites (tertiary alicyclic amines) is 1. The van der Waals surface area contributed by atoms with Gasteiger partial charge in [-0.25, -0.2) is 0 Å². The predicted molar refractivity (Wildman–Crippen MR) is 156 cm³/mol. The molecule has 0 aromatic heterocycles. The van der Waals surface area contributed by atoms with Gasteiger partial charge in [0.2, 0.25) is 11.8 Å². The Labute approximate surface area is 237 Å². The number of carbonyl (C=O) groups is 3. The van der Waals surface area contributed by atoms with Crippen molar-refractivity contribution in [3.8, 4) is 0 Å². The molecule has 0 aliphatic carbocycles. The van der Waals surface area contributed by atoms with E-state index in [0.717, 1.165) is 24.0 Å². The summed E-state index contributed by atoms with van der Waals surface area (Å²) in [6, 6.07) is 19.0. The number of hydrogen-bond acceptors (Lipinski definition) is 5.